The summed E-state index contributed by atoms with van der Waals surface area (Å²) in [7, 11) is 1.30. The van der Waals surface area contributed by atoms with Crippen LogP contribution in [0.25, 0.3) is 0 Å². The third-order valence-corrected chi connectivity index (χ3v) is 3.08. The van der Waals surface area contributed by atoms with Crippen LogP contribution in [0.4, 0.5) is 4.79 Å². The molecule has 1 saturated heterocycles. The van der Waals surface area contributed by atoms with Crippen LogP contribution in [0.1, 0.15) is 20.3 Å². The zero-order chi connectivity index (χ0) is 13.7. The lowest BCUT2D eigenvalue weighted by Crippen LogP contribution is -2.40. The number of hydrogen-bond donors (Lipinski definition) is 1. The first-order valence-corrected chi connectivity index (χ1v) is 6.02. The van der Waals surface area contributed by atoms with Crippen LogP contribution in [0.3, 0.4) is 0 Å². The van der Waals surface area contributed by atoms with Crippen molar-refractivity contribution in [2.24, 2.45) is 11.8 Å². The summed E-state index contributed by atoms with van der Waals surface area (Å²) in [5.74, 6) is -0.765. The highest BCUT2D eigenvalue weighted by molar-refractivity contribution is 5.82. The minimum Gasteiger partial charge on any atom is -0.453 e. The van der Waals surface area contributed by atoms with Crippen LogP contribution >= 0.6 is 0 Å². The maximum absolute atomic E-state index is 12.1. The molecule has 18 heavy (non-hydrogen) atoms. The van der Waals surface area contributed by atoms with Crippen LogP contribution < -0.4 is 5.32 Å². The Bertz CT molecular complexity index is 362. The van der Waals surface area contributed by atoms with Gasteiger partial charge in [0.25, 0.3) is 0 Å². The van der Waals surface area contributed by atoms with Crippen molar-refractivity contribution < 1.29 is 14.3 Å². The van der Waals surface area contributed by atoms with Crippen LogP contribution in [-0.2, 0) is 9.53 Å². The summed E-state index contributed by atoms with van der Waals surface area (Å²) in [5.41, 5.74) is 0. The molecule has 6 nitrogen and oxygen atoms in total. The number of nitrogens with one attached hydrogen (secondary N) is 1. The van der Waals surface area contributed by atoms with E-state index >= 15 is 0 Å². The molecule has 2 amide bonds. The van der Waals surface area contributed by atoms with Crippen molar-refractivity contribution in [2.45, 2.75) is 26.3 Å². The first-order chi connectivity index (χ1) is 8.49. The average Bonchev–Trinajstić information content (AvgIpc) is 2.77. The van der Waals surface area contributed by atoms with Crippen LogP contribution in [0.15, 0.2) is 0 Å². The van der Waals surface area contributed by atoms with Gasteiger partial charge in [-0.15, -0.1) is 0 Å². The Morgan fingerprint density at radius 1 is 1.50 bits per heavy atom. The summed E-state index contributed by atoms with van der Waals surface area (Å²) in [6, 6.07) is 1.95. The molecule has 1 rings (SSSR count). The van der Waals surface area contributed by atoms with E-state index < -0.39 is 12.0 Å². The molecule has 1 heterocycles. The van der Waals surface area contributed by atoms with Crippen molar-refractivity contribution in [3.8, 4) is 6.07 Å². The van der Waals surface area contributed by atoms with E-state index in [4.69, 9.17) is 5.26 Å². The van der Waals surface area contributed by atoms with Crippen molar-refractivity contribution in [3.05, 3.63) is 0 Å². The van der Waals surface area contributed by atoms with E-state index in [1.54, 1.807) is 4.90 Å². The van der Waals surface area contributed by atoms with Gasteiger partial charge < -0.3 is 15.0 Å². The topological polar surface area (TPSA) is 82.4 Å². The van der Waals surface area contributed by atoms with Crippen LogP contribution in [0, 0.1) is 23.2 Å². The Morgan fingerprint density at radius 2 is 2.17 bits per heavy atom. The van der Waals surface area contributed by atoms with Gasteiger partial charge in [0.05, 0.1) is 19.2 Å². The molecule has 2 unspecified atom stereocenters. The summed E-state index contributed by atoms with van der Waals surface area (Å²) < 4.78 is 4.51. The molecule has 0 aliphatic carbocycles. The number of likely N-dealkylation sites (tertiary alicyclic amines) is 1. The first-order valence-electron chi connectivity index (χ1n) is 6.02. The molecule has 0 aromatic carbocycles. The SMILES string of the molecule is COC(=O)NC1CCN(C(=O)C(C#N)C(C)C)C1. The minimum absolute atomic E-state index is 0.00452. The van der Waals surface area contributed by atoms with Crippen LogP contribution in [-0.4, -0.2) is 43.1 Å². The quantitative estimate of drug-likeness (QED) is 0.804. The van der Waals surface area contributed by atoms with Gasteiger partial charge in [-0.05, 0) is 12.3 Å². The van der Waals surface area contributed by atoms with Crippen molar-refractivity contribution in [2.75, 3.05) is 20.2 Å². The maximum atomic E-state index is 12.1. The van der Waals surface area contributed by atoms with E-state index in [1.807, 2.05) is 19.9 Å². The molecule has 1 aliphatic heterocycles. The summed E-state index contributed by atoms with van der Waals surface area (Å²) in [6.07, 6.45) is 0.201. The van der Waals surface area contributed by atoms with Gasteiger partial charge in [0, 0.05) is 13.1 Å². The Hall–Kier alpha value is -1.77. The predicted octanol–water partition coefficient (Wildman–Crippen LogP) is 0.739. The predicted molar refractivity (Wildman–Crippen MR) is 64.5 cm³/mol. The van der Waals surface area contributed by atoms with Gasteiger partial charge in [0.1, 0.15) is 5.92 Å². The summed E-state index contributed by atoms with van der Waals surface area (Å²) in [6.45, 7) is 4.72. The Kier molecular flexibility index (Phi) is 4.95. The van der Waals surface area contributed by atoms with E-state index in [0.29, 0.717) is 19.5 Å². The number of nitriles is 1. The van der Waals surface area contributed by atoms with Crippen molar-refractivity contribution in [1.82, 2.24) is 10.2 Å². The second-order valence-electron chi connectivity index (χ2n) is 4.76. The highest BCUT2D eigenvalue weighted by Gasteiger charge is 2.32. The molecule has 100 valence electrons. The smallest absolute Gasteiger partial charge is 0.407 e. The maximum Gasteiger partial charge on any atom is 0.407 e. The van der Waals surface area contributed by atoms with E-state index in [9.17, 15) is 9.59 Å². The second kappa shape index (κ2) is 6.24. The molecule has 0 saturated carbocycles. The van der Waals surface area contributed by atoms with Gasteiger partial charge >= 0.3 is 6.09 Å². The number of carbonyl (C=O) groups is 2. The Morgan fingerprint density at radius 3 is 2.67 bits per heavy atom. The zero-order valence-corrected chi connectivity index (χ0v) is 11.0. The third-order valence-electron chi connectivity index (χ3n) is 3.08. The summed E-state index contributed by atoms with van der Waals surface area (Å²) in [4.78, 5) is 24.8. The number of ether oxygens (including phenoxy) is 1. The van der Waals surface area contributed by atoms with Gasteiger partial charge in [-0.3, -0.25) is 4.79 Å². The first kappa shape index (κ1) is 14.3. The van der Waals surface area contributed by atoms with Crippen molar-refractivity contribution >= 4 is 12.0 Å². The van der Waals surface area contributed by atoms with E-state index in [-0.39, 0.29) is 17.9 Å². The second-order valence-corrected chi connectivity index (χ2v) is 4.76. The summed E-state index contributed by atoms with van der Waals surface area (Å²) in [5, 5.41) is 11.7. The van der Waals surface area contributed by atoms with Crippen molar-refractivity contribution in [3.63, 3.8) is 0 Å². The fourth-order valence-electron chi connectivity index (χ4n) is 1.99. The summed E-state index contributed by atoms with van der Waals surface area (Å²) >= 11 is 0. The molecule has 1 aliphatic rings. The van der Waals surface area contributed by atoms with Gasteiger partial charge in [-0.2, -0.15) is 5.26 Å². The number of methoxy groups -OCH3 is 1. The minimum atomic E-state index is -0.609. The number of carbonyl (C=O) groups excluding carboxylic acids is 2. The Labute approximate surface area is 107 Å². The molecule has 1 N–H and O–H groups in total. The van der Waals surface area contributed by atoms with Crippen LogP contribution in [0.2, 0.25) is 0 Å². The molecule has 1 fully saturated rings. The highest BCUT2D eigenvalue weighted by atomic mass is 16.5. The van der Waals surface area contributed by atoms with E-state index in [0.717, 1.165) is 0 Å². The van der Waals surface area contributed by atoms with E-state index in [2.05, 4.69) is 10.1 Å². The number of rotatable bonds is 3. The lowest BCUT2D eigenvalue weighted by molar-refractivity contribution is -0.133. The van der Waals surface area contributed by atoms with Crippen molar-refractivity contribution in [1.29, 1.82) is 5.26 Å². The fourth-order valence-corrected chi connectivity index (χ4v) is 1.99. The van der Waals surface area contributed by atoms with Crippen LogP contribution in [0.5, 0.6) is 0 Å². The van der Waals surface area contributed by atoms with Gasteiger partial charge in [0.2, 0.25) is 5.91 Å². The van der Waals surface area contributed by atoms with Gasteiger partial charge in [0.15, 0.2) is 0 Å². The number of amides is 2. The average molecular weight is 253 g/mol. The monoisotopic (exact) mass is 253 g/mol. The molecule has 0 aromatic heterocycles. The molecule has 2 atom stereocenters. The lowest BCUT2D eigenvalue weighted by Gasteiger charge is -2.21. The standard InChI is InChI=1S/C12H19N3O3/c1-8(2)10(6-13)11(16)15-5-4-9(7-15)14-12(17)18-3/h8-10H,4-5,7H2,1-3H3,(H,14,17). The van der Waals surface area contributed by atoms with E-state index in [1.165, 1.54) is 7.11 Å². The normalized spacial score (nSPS) is 20.4. The fraction of sp³-hybridized carbons (Fsp3) is 0.750. The zero-order valence-electron chi connectivity index (χ0n) is 11.0. The lowest BCUT2D eigenvalue weighted by atomic mass is 9.96. The molecular weight excluding hydrogens is 234 g/mol. The highest BCUT2D eigenvalue weighted by Crippen LogP contribution is 2.18. The number of alkyl carbamates (subject to hydrolysis) is 1. The largest absolute Gasteiger partial charge is 0.453 e. The number of hydrogen-bond acceptors (Lipinski definition) is 4. The Balaban J connectivity index is 2.54. The van der Waals surface area contributed by atoms with Gasteiger partial charge in [-0.25, -0.2) is 4.79 Å². The molecule has 0 aromatic rings. The molecule has 6 heteroatoms. The van der Waals surface area contributed by atoms with Gasteiger partial charge in [-0.1, -0.05) is 13.8 Å². The number of nitrogens with zero attached hydrogens (tertiary/aromatic N) is 2. The third kappa shape index (κ3) is 3.36. The molecule has 0 radical (unpaired) electrons. The molecule has 0 spiro atoms. The molecule has 0 bridgehead atoms. The molecular formula is C12H19N3O3.